The summed E-state index contributed by atoms with van der Waals surface area (Å²) < 4.78 is 4.97. The first kappa shape index (κ1) is 18.4. The molecule has 0 saturated heterocycles. The summed E-state index contributed by atoms with van der Waals surface area (Å²) in [5, 5.41) is 3.43. The van der Waals surface area contributed by atoms with Crippen molar-refractivity contribution >= 4 is 52.2 Å². The zero-order valence-corrected chi connectivity index (χ0v) is 14.3. The maximum atomic E-state index is 11.8. The molecule has 0 aromatic heterocycles. The van der Waals surface area contributed by atoms with Gasteiger partial charge in [-0.15, -0.1) is 0 Å². The number of hydrogen-bond donors (Lipinski definition) is 2. The van der Waals surface area contributed by atoms with E-state index in [-0.39, 0.29) is 5.91 Å². The molecule has 0 aliphatic heterocycles. The molecule has 4 nitrogen and oxygen atoms in total. The highest BCUT2D eigenvalue weighted by Gasteiger charge is 2.10. The standard InChI is InChI=1S/C14H20Cl2N2O2S/c1-20-5-3-7-21-6-2-4-13(19)18-14-11(15)8-10(17)9-12(14)16/h8-9H,2-7,17H2,1H3,(H,18,19). The van der Waals surface area contributed by atoms with Gasteiger partial charge in [0.15, 0.2) is 0 Å². The Hall–Kier alpha value is -0.620. The minimum atomic E-state index is -0.0962. The molecule has 21 heavy (non-hydrogen) atoms. The fourth-order valence-electron chi connectivity index (χ4n) is 1.66. The molecule has 0 unspecified atom stereocenters. The van der Waals surface area contributed by atoms with Gasteiger partial charge in [-0.1, -0.05) is 23.2 Å². The quantitative estimate of drug-likeness (QED) is 0.520. The predicted octanol–water partition coefficient (Wildman–Crippen LogP) is 4.06. The molecule has 0 heterocycles. The number of anilines is 2. The molecular weight excluding hydrogens is 331 g/mol. The number of carbonyl (C=O) groups excluding carboxylic acids is 1. The second-order valence-electron chi connectivity index (χ2n) is 4.47. The van der Waals surface area contributed by atoms with E-state index in [4.69, 9.17) is 33.7 Å². The number of hydrogen-bond acceptors (Lipinski definition) is 4. The van der Waals surface area contributed by atoms with Crippen LogP contribution in [0.3, 0.4) is 0 Å². The number of nitrogen functional groups attached to an aromatic ring is 1. The molecule has 0 atom stereocenters. The van der Waals surface area contributed by atoms with Gasteiger partial charge in [-0.05, 0) is 36.5 Å². The smallest absolute Gasteiger partial charge is 0.224 e. The van der Waals surface area contributed by atoms with E-state index in [2.05, 4.69) is 5.32 Å². The zero-order chi connectivity index (χ0) is 15.7. The third-order valence-electron chi connectivity index (χ3n) is 2.66. The van der Waals surface area contributed by atoms with Gasteiger partial charge in [0.2, 0.25) is 5.91 Å². The topological polar surface area (TPSA) is 64.3 Å². The molecule has 0 aliphatic rings. The Kier molecular flexibility index (Phi) is 8.92. The van der Waals surface area contributed by atoms with Crippen LogP contribution in [-0.4, -0.2) is 31.1 Å². The first-order valence-corrected chi connectivity index (χ1v) is 8.56. The van der Waals surface area contributed by atoms with E-state index in [0.717, 1.165) is 31.0 Å². The van der Waals surface area contributed by atoms with Crippen molar-refractivity contribution in [3.8, 4) is 0 Å². The molecule has 0 saturated carbocycles. The Morgan fingerprint density at radius 3 is 2.52 bits per heavy atom. The van der Waals surface area contributed by atoms with E-state index in [1.165, 1.54) is 0 Å². The maximum absolute atomic E-state index is 11.8. The van der Waals surface area contributed by atoms with Gasteiger partial charge in [0.25, 0.3) is 0 Å². The lowest BCUT2D eigenvalue weighted by Gasteiger charge is -2.10. The minimum Gasteiger partial charge on any atom is -0.399 e. The van der Waals surface area contributed by atoms with Crippen LogP contribution in [-0.2, 0) is 9.53 Å². The summed E-state index contributed by atoms with van der Waals surface area (Å²) in [5.41, 5.74) is 6.50. The van der Waals surface area contributed by atoms with Crippen LogP contribution in [0.4, 0.5) is 11.4 Å². The Morgan fingerprint density at radius 2 is 1.90 bits per heavy atom. The monoisotopic (exact) mass is 350 g/mol. The van der Waals surface area contributed by atoms with E-state index < -0.39 is 0 Å². The number of amides is 1. The number of halogens is 2. The van der Waals surface area contributed by atoms with Crippen molar-refractivity contribution in [1.29, 1.82) is 0 Å². The summed E-state index contributed by atoms with van der Waals surface area (Å²) in [6, 6.07) is 3.13. The average molecular weight is 351 g/mol. The third kappa shape index (κ3) is 7.27. The predicted molar refractivity (Wildman–Crippen MR) is 92.6 cm³/mol. The molecule has 0 radical (unpaired) electrons. The lowest BCUT2D eigenvalue weighted by atomic mass is 10.2. The summed E-state index contributed by atoms with van der Waals surface area (Å²) in [4.78, 5) is 11.8. The number of nitrogens with one attached hydrogen (secondary N) is 1. The molecule has 1 rings (SSSR count). The third-order valence-corrected chi connectivity index (χ3v) is 4.41. The molecule has 1 aromatic carbocycles. The largest absolute Gasteiger partial charge is 0.399 e. The Bertz CT molecular complexity index is 449. The molecule has 118 valence electrons. The van der Waals surface area contributed by atoms with Crippen molar-refractivity contribution in [2.75, 3.05) is 36.3 Å². The second kappa shape index (κ2) is 10.2. The van der Waals surface area contributed by atoms with Gasteiger partial charge < -0.3 is 15.8 Å². The molecule has 7 heteroatoms. The number of carbonyl (C=O) groups is 1. The SMILES string of the molecule is COCCCSCCCC(=O)Nc1c(Cl)cc(N)cc1Cl. The highest BCUT2D eigenvalue weighted by molar-refractivity contribution is 7.99. The molecule has 0 fully saturated rings. The number of nitrogens with two attached hydrogens (primary N) is 1. The van der Waals surface area contributed by atoms with Gasteiger partial charge >= 0.3 is 0 Å². The van der Waals surface area contributed by atoms with Crippen LogP contribution >= 0.6 is 35.0 Å². The summed E-state index contributed by atoms with van der Waals surface area (Å²) in [6.45, 7) is 0.779. The van der Waals surface area contributed by atoms with Crippen LogP contribution in [0.15, 0.2) is 12.1 Å². The molecule has 0 spiro atoms. The first-order chi connectivity index (χ1) is 10.0. The van der Waals surface area contributed by atoms with Crippen LogP contribution in [0.1, 0.15) is 19.3 Å². The normalized spacial score (nSPS) is 10.6. The lowest BCUT2D eigenvalue weighted by molar-refractivity contribution is -0.116. The number of methoxy groups -OCH3 is 1. The van der Waals surface area contributed by atoms with Gasteiger partial charge in [-0.2, -0.15) is 11.8 Å². The molecule has 1 amide bonds. The molecule has 0 bridgehead atoms. The molecule has 0 aliphatic carbocycles. The molecular formula is C14H20Cl2N2O2S. The Labute approximate surface area is 139 Å². The van der Waals surface area contributed by atoms with Crippen molar-refractivity contribution in [3.63, 3.8) is 0 Å². The van der Waals surface area contributed by atoms with Crippen LogP contribution in [0.5, 0.6) is 0 Å². The van der Waals surface area contributed by atoms with Gasteiger partial charge in [0.05, 0.1) is 15.7 Å². The van der Waals surface area contributed by atoms with Gasteiger partial charge in [0, 0.05) is 25.8 Å². The van der Waals surface area contributed by atoms with Crippen molar-refractivity contribution in [2.45, 2.75) is 19.3 Å². The first-order valence-electron chi connectivity index (χ1n) is 6.65. The minimum absolute atomic E-state index is 0.0962. The highest BCUT2D eigenvalue weighted by atomic mass is 35.5. The van der Waals surface area contributed by atoms with E-state index in [1.807, 2.05) is 11.8 Å². The Balaban J connectivity index is 2.28. The zero-order valence-electron chi connectivity index (χ0n) is 12.0. The summed E-state index contributed by atoms with van der Waals surface area (Å²) >= 11 is 13.9. The van der Waals surface area contributed by atoms with Crippen LogP contribution in [0.2, 0.25) is 10.0 Å². The fraction of sp³-hybridized carbons (Fsp3) is 0.500. The van der Waals surface area contributed by atoms with Crippen LogP contribution in [0.25, 0.3) is 0 Å². The van der Waals surface area contributed by atoms with Crippen LogP contribution in [0, 0.1) is 0 Å². The number of thioether (sulfide) groups is 1. The van der Waals surface area contributed by atoms with Crippen molar-refractivity contribution < 1.29 is 9.53 Å². The summed E-state index contributed by atoms with van der Waals surface area (Å²) in [6.07, 6.45) is 2.28. The number of ether oxygens (including phenoxy) is 1. The van der Waals surface area contributed by atoms with E-state index in [0.29, 0.717) is 27.8 Å². The maximum Gasteiger partial charge on any atom is 0.224 e. The van der Waals surface area contributed by atoms with E-state index in [9.17, 15) is 4.79 Å². The van der Waals surface area contributed by atoms with Crippen LogP contribution < -0.4 is 11.1 Å². The second-order valence-corrected chi connectivity index (χ2v) is 6.51. The lowest BCUT2D eigenvalue weighted by Crippen LogP contribution is -2.12. The summed E-state index contributed by atoms with van der Waals surface area (Å²) in [7, 11) is 1.70. The fourth-order valence-corrected chi connectivity index (χ4v) is 3.13. The van der Waals surface area contributed by atoms with E-state index in [1.54, 1.807) is 19.2 Å². The molecule has 1 aromatic rings. The molecule has 3 N–H and O–H groups in total. The van der Waals surface area contributed by atoms with Crippen molar-refractivity contribution in [1.82, 2.24) is 0 Å². The van der Waals surface area contributed by atoms with Gasteiger partial charge in [-0.25, -0.2) is 0 Å². The highest BCUT2D eigenvalue weighted by Crippen LogP contribution is 2.32. The Morgan fingerprint density at radius 1 is 1.29 bits per heavy atom. The van der Waals surface area contributed by atoms with Crippen molar-refractivity contribution in [3.05, 3.63) is 22.2 Å². The average Bonchev–Trinajstić information content (AvgIpc) is 2.42. The van der Waals surface area contributed by atoms with Crippen molar-refractivity contribution in [2.24, 2.45) is 0 Å². The number of benzene rings is 1. The van der Waals surface area contributed by atoms with Gasteiger partial charge in [0.1, 0.15) is 0 Å². The number of rotatable bonds is 9. The summed E-state index contributed by atoms with van der Waals surface area (Å²) in [5.74, 6) is 1.90. The van der Waals surface area contributed by atoms with E-state index >= 15 is 0 Å². The van der Waals surface area contributed by atoms with Gasteiger partial charge in [-0.3, -0.25) is 4.79 Å².